The summed E-state index contributed by atoms with van der Waals surface area (Å²) in [6.45, 7) is 3.79. The highest BCUT2D eigenvalue weighted by atomic mass is 16.2. The second-order valence-corrected chi connectivity index (χ2v) is 5.23. The topological polar surface area (TPSA) is 76.0 Å². The fourth-order valence-electron chi connectivity index (χ4n) is 2.48. The van der Waals surface area contributed by atoms with Crippen molar-refractivity contribution in [3.8, 4) is 0 Å². The summed E-state index contributed by atoms with van der Waals surface area (Å²) in [4.78, 5) is 28.4. The van der Waals surface area contributed by atoms with Gasteiger partial charge >= 0.3 is 0 Å². The molecule has 2 aromatic rings. The molecule has 6 heteroatoms. The number of carbonyl (C=O) groups is 2. The SMILES string of the molecule is CC(C)NC(=O)C1CC(=O)Nc2nc3ccccc3n21. The smallest absolute Gasteiger partial charge is 0.243 e. The third kappa shape index (κ3) is 2.03. The van der Waals surface area contributed by atoms with Gasteiger partial charge < -0.3 is 5.32 Å². The molecule has 20 heavy (non-hydrogen) atoms. The zero-order valence-corrected chi connectivity index (χ0v) is 11.4. The van der Waals surface area contributed by atoms with E-state index < -0.39 is 6.04 Å². The van der Waals surface area contributed by atoms with Gasteiger partial charge in [0, 0.05) is 6.04 Å². The highest BCUT2D eigenvalue weighted by Crippen LogP contribution is 2.30. The van der Waals surface area contributed by atoms with Crippen LogP contribution in [0.5, 0.6) is 0 Å². The van der Waals surface area contributed by atoms with E-state index in [4.69, 9.17) is 0 Å². The van der Waals surface area contributed by atoms with Crippen LogP contribution in [0, 0.1) is 0 Å². The second-order valence-electron chi connectivity index (χ2n) is 5.23. The molecule has 2 heterocycles. The number of imidazole rings is 1. The lowest BCUT2D eigenvalue weighted by Gasteiger charge is -2.25. The quantitative estimate of drug-likeness (QED) is 0.868. The number of carbonyl (C=O) groups excluding carboxylic acids is 2. The fraction of sp³-hybridized carbons (Fsp3) is 0.357. The molecule has 1 atom stereocenters. The first kappa shape index (κ1) is 12.7. The summed E-state index contributed by atoms with van der Waals surface area (Å²) in [5, 5.41) is 5.58. The molecule has 104 valence electrons. The first-order valence-corrected chi connectivity index (χ1v) is 6.63. The van der Waals surface area contributed by atoms with Crippen LogP contribution in [0.3, 0.4) is 0 Å². The minimum Gasteiger partial charge on any atom is -0.352 e. The number of amides is 2. The van der Waals surface area contributed by atoms with Crippen molar-refractivity contribution in [1.29, 1.82) is 0 Å². The van der Waals surface area contributed by atoms with Crippen molar-refractivity contribution in [2.24, 2.45) is 0 Å². The number of hydrogen-bond acceptors (Lipinski definition) is 3. The molecule has 1 aromatic heterocycles. The highest BCUT2D eigenvalue weighted by Gasteiger charge is 2.32. The molecule has 0 aliphatic carbocycles. The third-order valence-electron chi connectivity index (χ3n) is 3.27. The monoisotopic (exact) mass is 272 g/mol. The Morgan fingerprint density at radius 3 is 2.95 bits per heavy atom. The molecule has 0 fully saturated rings. The lowest BCUT2D eigenvalue weighted by molar-refractivity contribution is -0.128. The van der Waals surface area contributed by atoms with Crippen LogP contribution < -0.4 is 10.6 Å². The molecule has 1 aromatic carbocycles. The first-order chi connectivity index (χ1) is 9.56. The van der Waals surface area contributed by atoms with E-state index in [1.165, 1.54) is 0 Å². The Hall–Kier alpha value is -2.37. The van der Waals surface area contributed by atoms with Gasteiger partial charge in [-0.2, -0.15) is 0 Å². The summed E-state index contributed by atoms with van der Waals surface area (Å²) in [6.07, 6.45) is 0.131. The van der Waals surface area contributed by atoms with Crippen LogP contribution in [-0.4, -0.2) is 27.4 Å². The lowest BCUT2D eigenvalue weighted by atomic mass is 10.1. The summed E-state index contributed by atoms with van der Waals surface area (Å²) in [5.41, 5.74) is 1.62. The largest absolute Gasteiger partial charge is 0.352 e. The van der Waals surface area contributed by atoms with Crippen LogP contribution in [0.25, 0.3) is 11.0 Å². The Balaban J connectivity index is 2.10. The van der Waals surface area contributed by atoms with Crippen molar-refractivity contribution in [2.75, 3.05) is 5.32 Å². The molecule has 0 spiro atoms. The molecule has 0 saturated heterocycles. The zero-order valence-electron chi connectivity index (χ0n) is 11.4. The van der Waals surface area contributed by atoms with Crippen molar-refractivity contribution in [3.63, 3.8) is 0 Å². The normalized spacial score (nSPS) is 17.9. The number of benzene rings is 1. The van der Waals surface area contributed by atoms with Gasteiger partial charge in [-0.25, -0.2) is 4.98 Å². The first-order valence-electron chi connectivity index (χ1n) is 6.63. The van der Waals surface area contributed by atoms with Gasteiger partial charge in [-0.05, 0) is 26.0 Å². The van der Waals surface area contributed by atoms with Crippen LogP contribution in [0.15, 0.2) is 24.3 Å². The zero-order chi connectivity index (χ0) is 14.3. The van der Waals surface area contributed by atoms with Crippen molar-refractivity contribution >= 4 is 28.8 Å². The molecule has 3 rings (SSSR count). The Morgan fingerprint density at radius 2 is 2.20 bits per heavy atom. The van der Waals surface area contributed by atoms with Crippen LogP contribution >= 0.6 is 0 Å². The Bertz CT molecular complexity index is 690. The van der Waals surface area contributed by atoms with E-state index in [0.717, 1.165) is 11.0 Å². The molecule has 2 N–H and O–H groups in total. The van der Waals surface area contributed by atoms with Gasteiger partial charge in [-0.15, -0.1) is 0 Å². The van der Waals surface area contributed by atoms with E-state index in [1.54, 1.807) is 4.57 Å². The van der Waals surface area contributed by atoms with Gasteiger partial charge in [0.05, 0.1) is 17.5 Å². The lowest BCUT2D eigenvalue weighted by Crippen LogP contribution is -2.41. The summed E-state index contributed by atoms with van der Waals surface area (Å²) in [6, 6.07) is 7.03. The van der Waals surface area contributed by atoms with Gasteiger partial charge in [-0.3, -0.25) is 19.5 Å². The molecule has 1 unspecified atom stereocenters. The van der Waals surface area contributed by atoms with Crippen LogP contribution in [0.4, 0.5) is 5.95 Å². The number of hydrogen-bond donors (Lipinski definition) is 2. The van der Waals surface area contributed by atoms with Crippen LogP contribution in [-0.2, 0) is 9.59 Å². The number of anilines is 1. The number of para-hydroxylation sites is 2. The van der Waals surface area contributed by atoms with Crippen molar-refractivity contribution in [1.82, 2.24) is 14.9 Å². The number of fused-ring (bicyclic) bond motifs is 3. The molecule has 0 saturated carbocycles. The molecular weight excluding hydrogens is 256 g/mol. The minimum atomic E-state index is -0.548. The van der Waals surface area contributed by atoms with Gasteiger partial charge in [0.25, 0.3) is 0 Å². The van der Waals surface area contributed by atoms with Gasteiger partial charge in [0.15, 0.2) is 0 Å². The van der Waals surface area contributed by atoms with Crippen molar-refractivity contribution in [2.45, 2.75) is 32.4 Å². The number of aromatic nitrogens is 2. The van der Waals surface area contributed by atoms with E-state index in [0.29, 0.717) is 5.95 Å². The predicted octanol–water partition coefficient (Wildman–Crippen LogP) is 1.44. The standard InChI is InChI=1S/C14H16N4O2/c1-8(2)15-13(20)11-7-12(19)17-14-16-9-5-3-4-6-10(9)18(11)14/h3-6,8,11H,7H2,1-2H3,(H,15,20)(H,16,17,19). The van der Waals surface area contributed by atoms with E-state index in [2.05, 4.69) is 15.6 Å². The molecule has 1 aliphatic heterocycles. The Morgan fingerprint density at radius 1 is 1.45 bits per heavy atom. The minimum absolute atomic E-state index is 0.0331. The molecular formula is C14H16N4O2. The van der Waals surface area contributed by atoms with E-state index in [-0.39, 0.29) is 24.3 Å². The highest BCUT2D eigenvalue weighted by molar-refractivity contribution is 5.99. The van der Waals surface area contributed by atoms with Crippen LogP contribution in [0.1, 0.15) is 26.3 Å². The summed E-state index contributed by atoms with van der Waals surface area (Å²) in [5.74, 6) is 0.0994. The number of nitrogens with zero attached hydrogens (tertiary/aromatic N) is 2. The fourth-order valence-corrected chi connectivity index (χ4v) is 2.48. The number of nitrogens with one attached hydrogen (secondary N) is 2. The Kier molecular flexibility index (Phi) is 2.93. The maximum atomic E-state index is 12.3. The van der Waals surface area contributed by atoms with Gasteiger partial charge in [0.1, 0.15) is 6.04 Å². The average molecular weight is 272 g/mol. The summed E-state index contributed by atoms with van der Waals surface area (Å²) < 4.78 is 1.80. The molecule has 2 amide bonds. The number of rotatable bonds is 2. The maximum absolute atomic E-state index is 12.3. The molecule has 0 bridgehead atoms. The molecule has 6 nitrogen and oxygen atoms in total. The summed E-state index contributed by atoms with van der Waals surface area (Å²) in [7, 11) is 0. The Labute approximate surface area is 116 Å². The summed E-state index contributed by atoms with van der Waals surface area (Å²) >= 11 is 0. The van der Waals surface area contributed by atoms with Crippen molar-refractivity contribution < 1.29 is 9.59 Å². The second kappa shape index (κ2) is 4.63. The van der Waals surface area contributed by atoms with E-state index in [9.17, 15) is 9.59 Å². The van der Waals surface area contributed by atoms with Crippen molar-refractivity contribution in [3.05, 3.63) is 24.3 Å². The van der Waals surface area contributed by atoms with E-state index >= 15 is 0 Å². The van der Waals surface area contributed by atoms with Gasteiger partial charge in [-0.1, -0.05) is 12.1 Å². The predicted molar refractivity (Wildman–Crippen MR) is 75.3 cm³/mol. The molecule has 1 aliphatic rings. The average Bonchev–Trinajstić information content (AvgIpc) is 2.74. The molecule has 0 radical (unpaired) electrons. The maximum Gasteiger partial charge on any atom is 0.243 e. The van der Waals surface area contributed by atoms with Gasteiger partial charge in [0.2, 0.25) is 17.8 Å². The van der Waals surface area contributed by atoms with E-state index in [1.807, 2.05) is 38.1 Å². The third-order valence-corrected chi connectivity index (χ3v) is 3.27. The van der Waals surface area contributed by atoms with Crippen LogP contribution in [0.2, 0.25) is 0 Å².